The van der Waals surface area contributed by atoms with E-state index < -0.39 is 24.5 Å². The minimum atomic E-state index is -0.665. The number of nitrogens with one attached hydrogen (secondary N) is 2. The van der Waals surface area contributed by atoms with Gasteiger partial charge in [0.05, 0.1) is 17.2 Å². The van der Waals surface area contributed by atoms with Crippen molar-refractivity contribution < 1.29 is 28.7 Å². The molecule has 8 nitrogen and oxygen atoms in total. The molecule has 0 aliphatic heterocycles. The van der Waals surface area contributed by atoms with Crippen molar-refractivity contribution in [1.82, 2.24) is 0 Å². The smallest absolute Gasteiger partial charge is 0.338 e. The first-order valence-electron chi connectivity index (χ1n) is 8.90. The van der Waals surface area contributed by atoms with E-state index in [4.69, 9.17) is 9.47 Å². The fourth-order valence-corrected chi connectivity index (χ4v) is 2.28. The largest absolute Gasteiger partial charge is 0.459 e. The van der Waals surface area contributed by atoms with Gasteiger partial charge in [0.1, 0.15) is 0 Å². The van der Waals surface area contributed by atoms with E-state index >= 15 is 0 Å². The fraction of sp³-hybridized carbons (Fsp3) is 0.238. The Hall–Kier alpha value is -3.68. The van der Waals surface area contributed by atoms with Crippen LogP contribution >= 0.6 is 0 Å². The SMILES string of the molecule is CC(=O)Nc1ccc(C(=O)OCC(=O)Nc2ccc(C(=O)OC(C)C)cc2)cc1. The lowest BCUT2D eigenvalue weighted by Crippen LogP contribution is -2.21. The Bertz CT molecular complexity index is 888. The number of hydrogen-bond donors (Lipinski definition) is 2. The summed E-state index contributed by atoms with van der Waals surface area (Å²) in [4.78, 5) is 46.7. The lowest BCUT2D eigenvalue weighted by molar-refractivity contribution is -0.119. The summed E-state index contributed by atoms with van der Waals surface area (Å²) < 4.78 is 10.1. The predicted molar refractivity (Wildman–Crippen MR) is 107 cm³/mol. The van der Waals surface area contributed by atoms with Crippen LogP contribution in [0.2, 0.25) is 0 Å². The van der Waals surface area contributed by atoms with E-state index in [1.54, 1.807) is 38.1 Å². The lowest BCUT2D eigenvalue weighted by atomic mass is 10.2. The van der Waals surface area contributed by atoms with E-state index in [2.05, 4.69) is 10.6 Å². The van der Waals surface area contributed by atoms with E-state index in [1.165, 1.54) is 31.2 Å². The zero-order valence-electron chi connectivity index (χ0n) is 16.4. The van der Waals surface area contributed by atoms with Crippen molar-refractivity contribution in [3.05, 3.63) is 59.7 Å². The molecule has 0 aliphatic rings. The first-order chi connectivity index (χ1) is 13.7. The summed E-state index contributed by atoms with van der Waals surface area (Å²) in [7, 11) is 0. The summed E-state index contributed by atoms with van der Waals surface area (Å²) in [5.74, 6) is -1.86. The van der Waals surface area contributed by atoms with E-state index in [0.29, 0.717) is 16.9 Å². The summed E-state index contributed by atoms with van der Waals surface area (Å²) in [6.45, 7) is 4.42. The highest BCUT2D eigenvalue weighted by Crippen LogP contribution is 2.12. The molecule has 29 heavy (non-hydrogen) atoms. The van der Waals surface area contributed by atoms with Gasteiger partial charge in [-0.3, -0.25) is 9.59 Å². The van der Waals surface area contributed by atoms with Crippen molar-refractivity contribution in [3.63, 3.8) is 0 Å². The Morgan fingerprint density at radius 2 is 1.28 bits per heavy atom. The molecule has 0 atom stereocenters. The number of carbonyl (C=O) groups is 4. The van der Waals surface area contributed by atoms with Crippen LogP contribution in [0.3, 0.4) is 0 Å². The van der Waals surface area contributed by atoms with Crippen LogP contribution in [0, 0.1) is 0 Å². The van der Waals surface area contributed by atoms with Gasteiger partial charge in [-0.15, -0.1) is 0 Å². The number of amides is 2. The average Bonchev–Trinajstić information content (AvgIpc) is 2.66. The highest BCUT2D eigenvalue weighted by molar-refractivity contribution is 5.96. The molecule has 0 bridgehead atoms. The predicted octanol–water partition coefficient (Wildman–Crippen LogP) is 3.01. The van der Waals surface area contributed by atoms with Crippen LogP contribution in [-0.2, 0) is 19.1 Å². The third-order valence-corrected chi connectivity index (χ3v) is 3.52. The van der Waals surface area contributed by atoms with Crippen molar-refractivity contribution in [3.8, 4) is 0 Å². The third kappa shape index (κ3) is 7.10. The number of esters is 2. The molecule has 0 aliphatic carbocycles. The van der Waals surface area contributed by atoms with E-state index in [9.17, 15) is 19.2 Å². The number of carbonyl (C=O) groups excluding carboxylic acids is 4. The molecule has 0 fully saturated rings. The Labute approximate surface area is 168 Å². The second kappa shape index (κ2) is 10.0. The van der Waals surface area contributed by atoms with Crippen LogP contribution in [0.15, 0.2) is 48.5 Å². The molecular formula is C21H22N2O6. The van der Waals surface area contributed by atoms with Crippen LogP contribution in [0.5, 0.6) is 0 Å². The number of rotatable bonds is 7. The molecule has 0 heterocycles. The first kappa shape index (κ1) is 21.6. The fourth-order valence-electron chi connectivity index (χ4n) is 2.28. The van der Waals surface area contributed by atoms with Crippen LogP contribution in [-0.4, -0.2) is 36.5 Å². The van der Waals surface area contributed by atoms with Crippen molar-refractivity contribution >= 4 is 35.1 Å². The average molecular weight is 398 g/mol. The highest BCUT2D eigenvalue weighted by Gasteiger charge is 2.12. The molecule has 0 aromatic heterocycles. The lowest BCUT2D eigenvalue weighted by Gasteiger charge is -2.09. The maximum Gasteiger partial charge on any atom is 0.338 e. The standard InChI is InChI=1S/C21H22N2O6/c1-13(2)29-21(27)16-6-10-18(11-7-16)23-19(25)12-28-20(26)15-4-8-17(9-5-15)22-14(3)24/h4-11,13H,12H2,1-3H3,(H,22,24)(H,23,25). The Kier molecular flexibility index (Phi) is 7.47. The molecule has 2 rings (SSSR count). The Balaban J connectivity index is 1.84. The Morgan fingerprint density at radius 3 is 1.76 bits per heavy atom. The molecule has 0 unspecified atom stereocenters. The van der Waals surface area contributed by atoms with Gasteiger partial charge in [-0.05, 0) is 62.4 Å². The van der Waals surface area contributed by atoms with E-state index in [1.807, 2.05) is 0 Å². The molecule has 2 aromatic carbocycles. The van der Waals surface area contributed by atoms with Crippen LogP contribution < -0.4 is 10.6 Å². The zero-order valence-corrected chi connectivity index (χ0v) is 16.4. The molecule has 0 saturated carbocycles. The van der Waals surface area contributed by atoms with Gasteiger partial charge in [0.15, 0.2) is 6.61 Å². The molecule has 0 radical (unpaired) electrons. The van der Waals surface area contributed by atoms with Crippen LogP contribution in [0.1, 0.15) is 41.5 Å². The third-order valence-electron chi connectivity index (χ3n) is 3.52. The topological polar surface area (TPSA) is 111 Å². The summed E-state index contributed by atoms with van der Waals surface area (Å²) in [5.41, 5.74) is 1.62. The number of anilines is 2. The maximum absolute atomic E-state index is 12.0. The maximum atomic E-state index is 12.0. The van der Waals surface area contributed by atoms with Gasteiger partial charge in [0, 0.05) is 18.3 Å². The normalized spacial score (nSPS) is 10.2. The molecule has 0 saturated heterocycles. The molecule has 152 valence electrons. The number of ether oxygens (including phenoxy) is 2. The van der Waals surface area contributed by atoms with Crippen molar-refractivity contribution in [2.45, 2.75) is 26.9 Å². The van der Waals surface area contributed by atoms with Crippen LogP contribution in [0.25, 0.3) is 0 Å². The monoisotopic (exact) mass is 398 g/mol. The second-order valence-electron chi connectivity index (χ2n) is 6.41. The second-order valence-corrected chi connectivity index (χ2v) is 6.41. The first-order valence-corrected chi connectivity index (χ1v) is 8.90. The van der Waals surface area contributed by atoms with Crippen molar-refractivity contribution in [2.24, 2.45) is 0 Å². The molecule has 8 heteroatoms. The number of hydrogen-bond acceptors (Lipinski definition) is 6. The van der Waals surface area contributed by atoms with Crippen LogP contribution in [0.4, 0.5) is 11.4 Å². The van der Waals surface area contributed by atoms with Gasteiger partial charge in [-0.25, -0.2) is 9.59 Å². The van der Waals surface area contributed by atoms with Crippen molar-refractivity contribution in [2.75, 3.05) is 17.2 Å². The van der Waals surface area contributed by atoms with Crippen molar-refractivity contribution in [1.29, 1.82) is 0 Å². The molecule has 0 spiro atoms. The van der Waals surface area contributed by atoms with E-state index in [-0.39, 0.29) is 17.6 Å². The molecule has 2 aromatic rings. The minimum Gasteiger partial charge on any atom is -0.459 e. The summed E-state index contributed by atoms with van der Waals surface area (Å²) >= 11 is 0. The van der Waals surface area contributed by atoms with E-state index in [0.717, 1.165) is 0 Å². The molecule has 2 N–H and O–H groups in total. The highest BCUT2D eigenvalue weighted by atomic mass is 16.5. The molecule has 2 amide bonds. The summed E-state index contributed by atoms with van der Waals surface area (Å²) in [5, 5.41) is 5.15. The number of benzene rings is 2. The minimum absolute atomic E-state index is 0.221. The van der Waals surface area contributed by atoms with Gasteiger partial charge in [-0.2, -0.15) is 0 Å². The summed E-state index contributed by atoms with van der Waals surface area (Å²) in [6.07, 6.45) is -0.224. The van der Waals surface area contributed by atoms with Gasteiger partial charge in [0.2, 0.25) is 5.91 Å². The summed E-state index contributed by atoms with van der Waals surface area (Å²) in [6, 6.07) is 12.3. The molecular weight excluding hydrogens is 376 g/mol. The zero-order chi connectivity index (χ0) is 21.4. The Morgan fingerprint density at radius 1 is 0.793 bits per heavy atom. The van der Waals surface area contributed by atoms with Gasteiger partial charge < -0.3 is 20.1 Å². The van der Waals surface area contributed by atoms with Gasteiger partial charge in [0.25, 0.3) is 5.91 Å². The quantitative estimate of drug-likeness (QED) is 0.694. The van der Waals surface area contributed by atoms with Gasteiger partial charge >= 0.3 is 11.9 Å². The van der Waals surface area contributed by atoms with Gasteiger partial charge in [-0.1, -0.05) is 0 Å².